The maximum absolute atomic E-state index is 12.9. The van der Waals surface area contributed by atoms with E-state index in [0.29, 0.717) is 6.54 Å². The van der Waals surface area contributed by atoms with Crippen molar-refractivity contribution in [3.8, 4) is 0 Å². The Morgan fingerprint density at radius 1 is 0.667 bits per heavy atom. The lowest BCUT2D eigenvalue weighted by molar-refractivity contribution is -0.142. The lowest BCUT2D eigenvalue weighted by atomic mass is 10.0. The van der Waals surface area contributed by atoms with Crippen LogP contribution in [0.5, 0.6) is 0 Å². The number of carboxylic acid groups (broad SMARTS) is 1. The number of carbonyl (C=O) groups is 4. The second-order valence-electron chi connectivity index (χ2n) is 10.6. The molecule has 0 rings (SSSR count). The predicted molar refractivity (Wildman–Crippen MR) is 155 cm³/mol. The minimum atomic E-state index is -1.20. The highest BCUT2D eigenvalue weighted by atomic mass is 16.4. The SMILES string of the molecule is CCCCCCCCCCCCCCNC(=O)N[C@@H](CCN)C(=O)N[C@H](C(=O)N[C@@H](CCN)C(=O)O)C(C)C. The van der Waals surface area contributed by atoms with Gasteiger partial charge in [-0.15, -0.1) is 0 Å². The average molecular weight is 557 g/mol. The van der Waals surface area contributed by atoms with E-state index in [2.05, 4.69) is 28.2 Å². The van der Waals surface area contributed by atoms with Gasteiger partial charge in [0.2, 0.25) is 11.8 Å². The Kier molecular flexibility index (Phi) is 22.0. The Hall–Kier alpha value is -2.40. The van der Waals surface area contributed by atoms with Crippen molar-refractivity contribution < 1.29 is 24.3 Å². The molecule has 0 saturated carbocycles. The van der Waals surface area contributed by atoms with Gasteiger partial charge in [0, 0.05) is 6.54 Å². The number of amides is 4. The van der Waals surface area contributed by atoms with Crippen molar-refractivity contribution in [1.29, 1.82) is 0 Å². The van der Waals surface area contributed by atoms with Crippen LogP contribution in [-0.2, 0) is 14.4 Å². The molecule has 11 nitrogen and oxygen atoms in total. The zero-order valence-electron chi connectivity index (χ0n) is 24.6. The van der Waals surface area contributed by atoms with E-state index in [1.807, 2.05) is 0 Å². The molecule has 228 valence electrons. The van der Waals surface area contributed by atoms with E-state index in [0.717, 1.165) is 19.3 Å². The summed E-state index contributed by atoms with van der Waals surface area (Å²) >= 11 is 0. The smallest absolute Gasteiger partial charge is 0.326 e. The van der Waals surface area contributed by atoms with Gasteiger partial charge in [0.25, 0.3) is 0 Å². The lowest BCUT2D eigenvalue weighted by Crippen LogP contribution is -2.58. The molecule has 0 aliphatic heterocycles. The summed E-state index contributed by atoms with van der Waals surface area (Å²) in [5, 5.41) is 19.8. The number of carbonyl (C=O) groups excluding carboxylic acids is 3. The summed E-state index contributed by atoms with van der Waals surface area (Å²) < 4.78 is 0. The van der Waals surface area contributed by atoms with Crippen LogP contribution in [0.1, 0.15) is 111 Å². The number of hydrogen-bond acceptors (Lipinski definition) is 6. The van der Waals surface area contributed by atoms with Crippen LogP contribution in [0.4, 0.5) is 4.79 Å². The molecule has 11 heteroatoms. The first-order valence-electron chi connectivity index (χ1n) is 15.0. The molecule has 0 aromatic carbocycles. The molecule has 0 saturated heterocycles. The largest absolute Gasteiger partial charge is 0.480 e. The monoisotopic (exact) mass is 556 g/mol. The predicted octanol–water partition coefficient (Wildman–Crippen LogP) is 2.76. The van der Waals surface area contributed by atoms with Crippen molar-refractivity contribution in [2.24, 2.45) is 17.4 Å². The van der Waals surface area contributed by atoms with Crippen LogP contribution in [0.25, 0.3) is 0 Å². The summed E-state index contributed by atoms with van der Waals surface area (Å²) in [6.45, 7) is 6.46. The highest BCUT2D eigenvalue weighted by Crippen LogP contribution is 2.12. The Bertz CT molecular complexity index is 691. The second kappa shape index (κ2) is 23.5. The Balaban J connectivity index is 4.42. The first-order chi connectivity index (χ1) is 18.7. The van der Waals surface area contributed by atoms with Gasteiger partial charge in [-0.3, -0.25) is 9.59 Å². The molecule has 0 heterocycles. The number of urea groups is 1. The van der Waals surface area contributed by atoms with Crippen molar-refractivity contribution in [1.82, 2.24) is 21.3 Å². The minimum Gasteiger partial charge on any atom is -0.480 e. The molecule has 3 atom stereocenters. The molecule has 0 unspecified atom stereocenters. The normalized spacial score (nSPS) is 13.4. The van der Waals surface area contributed by atoms with Crippen LogP contribution in [0.15, 0.2) is 0 Å². The standard InChI is InChI=1S/C28H56N6O5/c1-4-5-6-7-8-9-10-11-12-13-14-15-20-31-28(39)33-22(16-18-29)25(35)34-24(21(2)3)26(36)32-23(17-19-30)27(37)38/h21-24H,4-20,29-30H2,1-3H3,(H,32,36)(H,34,35)(H,37,38)(H2,31,33,39)/t22-,23-,24-/m0/s1. The summed E-state index contributed by atoms with van der Waals surface area (Å²) in [4.78, 5) is 49.3. The third-order valence-electron chi connectivity index (χ3n) is 6.71. The van der Waals surface area contributed by atoms with Gasteiger partial charge in [0.05, 0.1) is 0 Å². The molecule has 4 amide bonds. The summed E-state index contributed by atoms with van der Waals surface area (Å²) in [6.07, 6.45) is 15.1. The molecule has 39 heavy (non-hydrogen) atoms. The Morgan fingerprint density at radius 2 is 1.15 bits per heavy atom. The van der Waals surface area contributed by atoms with Crippen LogP contribution in [-0.4, -0.2) is 66.7 Å². The molecular formula is C28H56N6O5. The number of nitrogens with one attached hydrogen (secondary N) is 4. The van der Waals surface area contributed by atoms with E-state index in [1.54, 1.807) is 13.8 Å². The van der Waals surface area contributed by atoms with Crippen LogP contribution < -0.4 is 32.7 Å². The number of rotatable bonds is 24. The lowest BCUT2D eigenvalue weighted by Gasteiger charge is -2.26. The zero-order valence-corrected chi connectivity index (χ0v) is 24.6. The molecule has 0 radical (unpaired) electrons. The quantitative estimate of drug-likeness (QED) is 0.0889. The summed E-state index contributed by atoms with van der Waals surface area (Å²) in [7, 11) is 0. The fourth-order valence-electron chi connectivity index (χ4n) is 4.29. The Morgan fingerprint density at radius 3 is 1.62 bits per heavy atom. The molecular weight excluding hydrogens is 500 g/mol. The van der Waals surface area contributed by atoms with Crippen molar-refractivity contribution >= 4 is 23.8 Å². The number of nitrogens with two attached hydrogens (primary N) is 2. The van der Waals surface area contributed by atoms with Gasteiger partial charge in [-0.05, 0) is 38.3 Å². The van der Waals surface area contributed by atoms with E-state index >= 15 is 0 Å². The maximum Gasteiger partial charge on any atom is 0.326 e. The van der Waals surface area contributed by atoms with Crippen LogP contribution in [0.2, 0.25) is 0 Å². The summed E-state index contributed by atoms with van der Waals surface area (Å²) in [6, 6.07) is -3.52. The second-order valence-corrected chi connectivity index (χ2v) is 10.6. The molecule has 0 aromatic rings. The van der Waals surface area contributed by atoms with Gasteiger partial charge < -0.3 is 37.8 Å². The number of hydrogen-bond donors (Lipinski definition) is 7. The Labute approximate surface area is 235 Å². The third-order valence-corrected chi connectivity index (χ3v) is 6.71. The van der Waals surface area contributed by atoms with Crippen molar-refractivity contribution in [2.45, 2.75) is 129 Å². The fraction of sp³-hybridized carbons (Fsp3) is 0.857. The van der Waals surface area contributed by atoms with Gasteiger partial charge in [-0.2, -0.15) is 0 Å². The van der Waals surface area contributed by atoms with Crippen LogP contribution in [0, 0.1) is 5.92 Å². The van der Waals surface area contributed by atoms with Gasteiger partial charge in [0.15, 0.2) is 0 Å². The molecule has 0 fully saturated rings. The maximum atomic E-state index is 12.9. The van der Waals surface area contributed by atoms with E-state index in [1.165, 1.54) is 57.8 Å². The van der Waals surface area contributed by atoms with E-state index < -0.39 is 41.9 Å². The van der Waals surface area contributed by atoms with Gasteiger partial charge in [-0.25, -0.2) is 9.59 Å². The molecule has 9 N–H and O–H groups in total. The first-order valence-corrected chi connectivity index (χ1v) is 15.0. The minimum absolute atomic E-state index is 0.0660. The number of unbranched alkanes of at least 4 members (excludes halogenated alkanes) is 11. The first kappa shape index (κ1) is 36.6. The summed E-state index contributed by atoms with van der Waals surface area (Å²) in [5.41, 5.74) is 11.1. The van der Waals surface area contributed by atoms with Crippen LogP contribution >= 0.6 is 0 Å². The van der Waals surface area contributed by atoms with Crippen molar-refractivity contribution in [3.05, 3.63) is 0 Å². The average Bonchev–Trinajstić information content (AvgIpc) is 2.88. The number of aliphatic carboxylic acids is 1. The van der Waals surface area contributed by atoms with E-state index in [4.69, 9.17) is 11.5 Å². The third kappa shape index (κ3) is 18.5. The molecule has 0 spiro atoms. The van der Waals surface area contributed by atoms with Crippen LogP contribution in [0.3, 0.4) is 0 Å². The van der Waals surface area contributed by atoms with E-state index in [-0.39, 0.29) is 31.8 Å². The molecule has 0 aliphatic rings. The van der Waals surface area contributed by atoms with Gasteiger partial charge >= 0.3 is 12.0 Å². The highest BCUT2D eigenvalue weighted by molar-refractivity contribution is 5.93. The highest BCUT2D eigenvalue weighted by Gasteiger charge is 2.30. The molecule has 0 aliphatic carbocycles. The van der Waals surface area contributed by atoms with Gasteiger partial charge in [-0.1, -0.05) is 91.4 Å². The molecule has 0 bridgehead atoms. The zero-order chi connectivity index (χ0) is 29.5. The molecule has 0 aromatic heterocycles. The van der Waals surface area contributed by atoms with Crippen molar-refractivity contribution in [3.63, 3.8) is 0 Å². The number of carboxylic acids is 1. The summed E-state index contributed by atoms with van der Waals surface area (Å²) in [5.74, 6) is -2.70. The fourth-order valence-corrected chi connectivity index (χ4v) is 4.29. The van der Waals surface area contributed by atoms with E-state index in [9.17, 15) is 24.3 Å². The van der Waals surface area contributed by atoms with Crippen molar-refractivity contribution in [2.75, 3.05) is 19.6 Å². The van der Waals surface area contributed by atoms with Gasteiger partial charge in [0.1, 0.15) is 18.1 Å². The topological polar surface area (TPSA) is 189 Å².